The highest BCUT2D eigenvalue weighted by atomic mass is 16.4. The number of likely N-dealkylation sites (tertiary alicyclic amines) is 1. The molecule has 2 aromatic heterocycles. The van der Waals surface area contributed by atoms with Crippen molar-refractivity contribution in [2.24, 2.45) is 0 Å². The van der Waals surface area contributed by atoms with E-state index in [1.54, 1.807) is 6.20 Å². The van der Waals surface area contributed by atoms with Crippen molar-refractivity contribution >= 4 is 5.91 Å². The Morgan fingerprint density at radius 2 is 2.16 bits per heavy atom. The van der Waals surface area contributed by atoms with E-state index in [1.165, 1.54) is 12.8 Å². The number of nitrogens with zero attached hydrogens (tertiary/aromatic N) is 2. The van der Waals surface area contributed by atoms with Crippen LogP contribution in [0.4, 0.5) is 0 Å². The van der Waals surface area contributed by atoms with Gasteiger partial charge in [0, 0.05) is 30.4 Å². The molecule has 2 aromatic rings. The summed E-state index contributed by atoms with van der Waals surface area (Å²) in [4.78, 5) is 22.6. The molecule has 3 rings (SSSR count). The highest BCUT2D eigenvalue weighted by molar-refractivity contribution is 5.92. The van der Waals surface area contributed by atoms with Gasteiger partial charge in [-0.15, -0.1) is 0 Å². The Labute approximate surface area is 149 Å². The summed E-state index contributed by atoms with van der Waals surface area (Å²) in [6.45, 7) is 9.18. The first kappa shape index (κ1) is 17.7. The molecule has 0 saturated carbocycles. The zero-order chi connectivity index (χ0) is 17.8. The molecule has 0 bridgehead atoms. The molecular weight excluding hydrogens is 316 g/mol. The van der Waals surface area contributed by atoms with Gasteiger partial charge in [-0.2, -0.15) is 0 Å². The first-order valence-corrected chi connectivity index (χ1v) is 9.27. The predicted octanol–water partition coefficient (Wildman–Crippen LogP) is 3.35. The van der Waals surface area contributed by atoms with E-state index in [9.17, 15) is 4.79 Å². The number of aryl methyl sites for hydroxylation is 2. The molecule has 0 radical (unpaired) electrons. The molecule has 6 nitrogen and oxygen atoms in total. The van der Waals surface area contributed by atoms with E-state index < -0.39 is 0 Å². The maximum Gasteiger partial charge on any atom is 0.287 e. The first-order chi connectivity index (χ1) is 12.1. The lowest BCUT2D eigenvalue weighted by atomic mass is 10.2. The van der Waals surface area contributed by atoms with E-state index in [2.05, 4.69) is 27.1 Å². The molecule has 1 aliphatic rings. The van der Waals surface area contributed by atoms with Crippen molar-refractivity contribution in [3.8, 4) is 0 Å². The monoisotopic (exact) mass is 344 g/mol. The topological polar surface area (TPSA) is 74.2 Å². The fourth-order valence-electron chi connectivity index (χ4n) is 3.40. The van der Waals surface area contributed by atoms with Gasteiger partial charge in [-0.1, -0.05) is 13.8 Å². The van der Waals surface area contributed by atoms with Crippen LogP contribution in [-0.4, -0.2) is 33.9 Å². The number of imidazole rings is 1. The summed E-state index contributed by atoms with van der Waals surface area (Å²) in [6, 6.07) is 1.77. The number of aromatic amines is 1. The summed E-state index contributed by atoms with van der Waals surface area (Å²) in [5, 5.41) is 3.03. The maximum absolute atomic E-state index is 12.7. The second kappa shape index (κ2) is 7.87. The maximum atomic E-state index is 12.7. The molecule has 1 fully saturated rings. The molecular formula is C19H28N4O2. The van der Waals surface area contributed by atoms with E-state index >= 15 is 0 Å². The van der Waals surface area contributed by atoms with Crippen LogP contribution in [0.2, 0.25) is 0 Å². The molecule has 136 valence electrons. The van der Waals surface area contributed by atoms with Crippen LogP contribution >= 0.6 is 0 Å². The number of hydrogen-bond donors (Lipinski definition) is 2. The Morgan fingerprint density at radius 3 is 2.76 bits per heavy atom. The minimum absolute atomic E-state index is 0.140. The lowest BCUT2D eigenvalue weighted by molar-refractivity contribution is 0.0904. The smallest absolute Gasteiger partial charge is 0.287 e. The third-order valence-corrected chi connectivity index (χ3v) is 4.80. The second-order valence-electron chi connectivity index (χ2n) is 6.78. The lowest BCUT2D eigenvalue weighted by Gasteiger charge is -2.13. The van der Waals surface area contributed by atoms with Gasteiger partial charge in [-0.3, -0.25) is 9.69 Å². The molecule has 6 heteroatoms. The molecule has 2 N–H and O–H groups in total. The van der Waals surface area contributed by atoms with E-state index in [0.29, 0.717) is 5.76 Å². The van der Waals surface area contributed by atoms with Crippen molar-refractivity contribution < 1.29 is 9.21 Å². The van der Waals surface area contributed by atoms with E-state index in [4.69, 9.17) is 4.42 Å². The van der Waals surface area contributed by atoms with Gasteiger partial charge in [-0.05, 0) is 45.3 Å². The molecule has 0 aromatic carbocycles. The largest absolute Gasteiger partial charge is 0.456 e. The van der Waals surface area contributed by atoms with Crippen molar-refractivity contribution in [1.82, 2.24) is 20.2 Å². The van der Waals surface area contributed by atoms with Crippen LogP contribution in [0.25, 0.3) is 0 Å². The van der Waals surface area contributed by atoms with E-state index in [-0.39, 0.29) is 11.9 Å². The number of carbonyl (C=O) groups excluding carboxylic acids is 1. The van der Waals surface area contributed by atoms with Crippen LogP contribution < -0.4 is 5.32 Å². The second-order valence-corrected chi connectivity index (χ2v) is 6.78. The van der Waals surface area contributed by atoms with Gasteiger partial charge in [-0.25, -0.2) is 4.98 Å². The van der Waals surface area contributed by atoms with Crippen molar-refractivity contribution in [2.45, 2.75) is 59.0 Å². The standard InChI is InChI=1S/C19H28N4O2/c1-4-15(18-20-11-13(3)21-18)22-19(24)17-10-14(16(5-2)25-17)12-23-8-6-7-9-23/h10-11,15H,4-9,12H2,1-3H3,(H,20,21)(H,22,24)/t15-/m0/s1. The van der Waals surface area contributed by atoms with Crippen LogP contribution in [0.1, 0.15) is 72.5 Å². The summed E-state index contributed by atoms with van der Waals surface area (Å²) in [5.74, 6) is 1.92. The van der Waals surface area contributed by atoms with Gasteiger partial charge in [0.2, 0.25) is 0 Å². The molecule has 25 heavy (non-hydrogen) atoms. The van der Waals surface area contributed by atoms with Crippen LogP contribution in [0.5, 0.6) is 0 Å². The molecule has 1 aliphatic heterocycles. The number of hydrogen-bond acceptors (Lipinski definition) is 4. The molecule has 1 atom stereocenters. The van der Waals surface area contributed by atoms with Gasteiger partial charge in [0.1, 0.15) is 11.6 Å². The van der Waals surface area contributed by atoms with Crippen molar-refractivity contribution in [1.29, 1.82) is 0 Å². The predicted molar refractivity (Wildman–Crippen MR) is 96.4 cm³/mol. The van der Waals surface area contributed by atoms with Crippen molar-refractivity contribution in [2.75, 3.05) is 13.1 Å². The zero-order valence-electron chi connectivity index (χ0n) is 15.4. The van der Waals surface area contributed by atoms with Crippen LogP contribution in [0, 0.1) is 6.92 Å². The number of nitrogens with one attached hydrogen (secondary N) is 2. The molecule has 0 spiro atoms. The molecule has 0 aliphatic carbocycles. The summed E-state index contributed by atoms with van der Waals surface area (Å²) < 4.78 is 5.85. The van der Waals surface area contributed by atoms with Gasteiger partial charge < -0.3 is 14.7 Å². The SMILES string of the molecule is CCc1oc(C(=O)N[C@@H](CC)c2ncc(C)[nH]2)cc1CN1CCCC1. The number of H-pyrrole nitrogens is 1. The fourth-order valence-corrected chi connectivity index (χ4v) is 3.40. The molecule has 0 unspecified atom stereocenters. The normalized spacial score (nSPS) is 16.3. The fraction of sp³-hybridized carbons (Fsp3) is 0.579. The third kappa shape index (κ3) is 4.12. The number of amides is 1. The summed E-state index contributed by atoms with van der Waals surface area (Å²) in [6.07, 6.45) is 5.85. The Morgan fingerprint density at radius 1 is 1.40 bits per heavy atom. The average Bonchev–Trinajstić information content (AvgIpc) is 3.34. The van der Waals surface area contributed by atoms with Crippen LogP contribution in [-0.2, 0) is 13.0 Å². The summed E-state index contributed by atoms with van der Waals surface area (Å²) in [5.41, 5.74) is 2.12. The molecule has 1 saturated heterocycles. The minimum atomic E-state index is -0.178. The Kier molecular flexibility index (Phi) is 5.58. The van der Waals surface area contributed by atoms with Gasteiger partial charge in [0.05, 0.1) is 6.04 Å². The minimum Gasteiger partial charge on any atom is -0.456 e. The van der Waals surface area contributed by atoms with Gasteiger partial charge in [0.25, 0.3) is 5.91 Å². The van der Waals surface area contributed by atoms with Gasteiger partial charge >= 0.3 is 0 Å². The van der Waals surface area contributed by atoms with Crippen molar-refractivity contribution in [3.63, 3.8) is 0 Å². The third-order valence-electron chi connectivity index (χ3n) is 4.80. The Hall–Kier alpha value is -2.08. The lowest BCUT2D eigenvalue weighted by Crippen LogP contribution is -2.28. The summed E-state index contributed by atoms with van der Waals surface area (Å²) in [7, 11) is 0. The first-order valence-electron chi connectivity index (χ1n) is 9.27. The highest BCUT2D eigenvalue weighted by Gasteiger charge is 2.22. The number of carbonyl (C=O) groups is 1. The van der Waals surface area contributed by atoms with E-state index in [0.717, 1.165) is 55.3 Å². The van der Waals surface area contributed by atoms with E-state index in [1.807, 2.05) is 19.9 Å². The Bertz CT molecular complexity index is 713. The number of rotatable bonds is 7. The average molecular weight is 344 g/mol. The number of aromatic nitrogens is 2. The number of furan rings is 1. The van der Waals surface area contributed by atoms with Crippen molar-refractivity contribution in [3.05, 3.63) is 40.9 Å². The highest BCUT2D eigenvalue weighted by Crippen LogP contribution is 2.22. The zero-order valence-corrected chi connectivity index (χ0v) is 15.4. The van der Waals surface area contributed by atoms with Crippen LogP contribution in [0.3, 0.4) is 0 Å². The molecule has 1 amide bonds. The summed E-state index contributed by atoms with van der Waals surface area (Å²) >= 11 is 0. The quantitative estimate of drug-likeness (QED) is 0.808. The van der Waals surface area contributed by atoms with Crippen LogP contribution in [0.15, 0.2) is 16.7 Å². The Balaban J connectivity index is 1.71. The van der Waals surface area contributed by atoms with Gasteiger partial charge in [0.15, 0.2) is 5.76 Å². The molecule has 3 heterocycles.